The minimum atomic E-state index is -0.485. The van der Waals surface area contributed by atoms with E-state index in [-0.39, 0.29) is 11.3 Å². The van der Waals surface area contributed by atoms with Crippen molar-refractivity contribution in [2.45, 2.75) is 46.1 Å². The van der Waals surface area contributed by atoms with E-state index in [0.29, 0.717) is 5.02 Å². The Bertz CT molecular complexity index is 363. The van der Waals surface area contributed by atoms with Crippen molar-refractivity contribution in [1.29, 1.82) is 0 Å². The number of benzene rings is 1. The van der Waals surface area contributed by atoms with Gasteiger partial charge in [0.25, 0.3) is 0 Å². The summed E-state index contributed by atoms with van der Waals surface area (Å²) in [6.07, 6.45) is -0.485. The highest BCUT2D eigenvalue weighted by Crippen LogP contribution is 2.32. The third-order valence-corrected chi connectivity index (χ3v) is 3.14. The summed E-state index contributed by atoms with van der Waals surface area (Å²) in [5.74, 6) is 0.179. The first kappa shape index (κ1) is 13.5. The van der Waals surface area contributed by atoms with Crippen molar-refractivity contribution in [2.24, 2.45) is 5.92 Å². The van der Waals surface area contributed by atoms with Gasteiger partial charge in [-0.2, -0.15) is 0 Å². The van der Waals surface area contributed by atoms with E-state index in [1.165, 1.54) is 5.56 Å². The highest BCUT2D eigenvalue weighted by Gasteiger charge is 2.19. The van der Waals surface area contributed by atoms with Gasteiger partial charge in [-0.3, -0.25) is 0 Å². The number of hydrogen-bond donors (Lipinski definition) is 1. The van der Waals surface area contributed by atoms with E-state index in [2.05, 4.69) is 20.8 Å². The molecule has 1 rings (SSSR count). The predicted molar refractivity (Wildman–Crippen MR) is 69.9 cm³/mol. The van der Waals surface area contributed by atoms with Gasteiger partial charge in [-0.1, -0.05) is 58.4 Å². The molecule has 0 saturated carbocycles. The Balaban J connectivity index is 3.10. The highest BCUT2D eigenvalue weighted by atomic mass is 35.5. The topological polar surface area (TPSA) is 20.2 Å². The van der Waals surface area contributed by atoms with Gasteiger partial charge in [0.2, 0.25) is 0 Å². The first-order valence-corrected chi connectivity index (χ1v) is 6.09. The summed E-state index contributed by atoms with van der Waals surface area (Å²) < 4.78 is 0. The minimum absolute atomic E-state index is 0.0882. The van der Waals surface area contributed by atoms with Gasteiger partial charge >= 0.3 is 0 Å². The second kappa shape index (κ2) is 4.77. The molecular formula is C14H21ClO. The lowest BCUT2D eigenvalue weighted by Crippen LogP contribution is -2.12. The van der Waals surface area contributed by atoms with E-state index in [1.807, 2.05) is 32.0 Å². The molecule has 1 unspecified atom stereocenters. The average Bonchev–Trinajstić information content (AvgIpc) is 2.15. The second-order valence-electron chi connectivity index (χ2n) is 5.68. The largest absolute Gasteiger partial charge is 0.388 e. The Hall–Kier alpha value is -0.530. The molecule has 0 amide bonds. The van der Waals surface area contributed by atoms with E-state index in [9.17, 15) is 5.11 Å². The van der Waals surface area contributed by atoms with Gasteiger partial charge in [0.15, 0.2) is 0 Å². The minimum Gasteiger partial charge on any atom is -0.388 e. The summed E-state index contributed by atoms with van der Waals surface area (Å²) in [6, 6.07) is 5.95. The smallest absolute Gasteiger partial charge is 0.0827 e. The van der Waals surface area contributed by atoms with E-state index >= 15 is 0 Å². The monoisotopic (exact) mass is 240 g/mol. The number of halogens is 1. The van der Waals surface area contributed by atoms with Crippen LogP contribution in [0.3, 0.4) is 0 Å². The Morgan fingerprint density at radius 3 is 2.12 bits per heavy atom. The molecule has 0 saturated heterocycles. The van der Waals surface area contributed by atoms with Crippen molar-refractivity contribution in [1.82, 2.24) is 0 Å². The average molecular weight is 241 g/mol. The molecule has 0 spiro atoms. The molecule has 0 radical (unpaired) electrons. The van der Waals surface area contributed by atoms with Crippen molar-refractivity contribution in [3.05, 3.63) is 34.3 Å². The molecule has 0 aromatic heterocycles. The Morgan fingerprint density at radius 2 is 1.75 bits per heavy atom. The van der Waals surface area contributed by atoms with E-state index in [1.54, 1.807) is 0 Å². The van der Waals surface area contributed by atoms with Crippen LogP contribution in [0.5, 0.6) is 0 Å². The maximum atomic E-state index is 9.99. The van der Waals surface area contributed by atoms with Crippen molar-refractivity contribution in [3.8, 4) is 0 Å². The molecule has 16 heavy (non-hydrogen) atoms. The van der Waals surface area contributed by atoms with Crippen LogP contribution < -0.4 is 0 Å². The molecule has 0 aliphatic rings. The third kappa shape index (κ3) is 2.99. The summed E-state index contributed by atoms with van der Waals surface area (Å²) >= 11 is 6.21. The van der Waals surface area contributed by atoms with Gasteiger partial charge < -0.3 is 5.11 Å². The lowest BCUT2D eigenvalue weighted by Gasteiger charge is -2.22. The predicted octanol–water partition coefficient (Wildman–Crippen LogP) is 4.33. The summed E-state index contributed by atoms with van der Waals surface area (Å²) in [7, 11) is 0. The molecule has 1 aromatic rings. The van der Waals surface area contributed by atoms with Gasteiger partial charge in [0, 0.05) is 5.02 Å². The number of rotatable bonds is 2. The molecule has 0 heterocycles. The van der Waals surface area contributed by atoms with E-state index < -0.39 is 6.10 Å². The number of aliphatic hydroxyl groups excluding tert-OH is 1. The summed E-state index contributed by atoms with van der Waals surface area (Å²) in [4.78, 5) is 0. The molecule has 0 bridgehead atoms. The van der Waals surface area contributed by atoms with Gasteiger partial charge in [0.1, 0.15) is 0 Å². The van der Waals surface area contributed by atoms with Crippen molar-refractivity contribution >= 4 is 11.6 Å². The van der Waals surface area contributed by atoms with Gasteiger partial charge in [0.05, 0.1) is 6.10 Å². The molecular weight excluding hydrogens is 220 g/mol. The lowest BCUT2D eigenvalue weighted by molar-refractivity contribution is 0.127. The fraction of sp³-hybridized carbons (Fsp3) is 0.571. The van der Waals surface area contributed by atoms with Crippen LogP contribution in [0.15, 0.2) is 18.2 Å². The summed E-state index contributed by atoms with van der Waals surface area (Å²) in [5, 5.41) is 10.6. The molecule has 1 N–H and O–H groups in total. The molecule has 1 atom stereocenters. The Labute approximate surface area is 103 Å². The zero-order chi connectivity index (χ0) is 12.5. The van der Waals surface area contributed by atoms with Gasteiger partial charge in [-0.25, -0.2) is 0 Å². The fourth-order valence-corrected chi connectivity index (χ4v) is 1.88. The van der Waals surface area contributed by atoms with Crippen LogP contribution in [-0.2, 0) is 5.41 Å². The van der Waals surface area contributed by atoms with Gasteiger partial charge in [-0.15, -0.1) is 0 Å². The molecule has 0 fully saturated rings. The normalized spacial score (nSPS) is 14.2. The van der Waals surface area contributed by atoms with E-state index in [4.69, 9.17) is 11.6 Å². The fourth-order valence-electron chi connectivity index (χ4n) is 1.59. The Kier molecular flexibility index (Phi) is 4.03. The molecule has 90 valence electrons. The first-order valence-electron chi connectivity index (χ1n) is 5.71. The zero-order valence-electron chi connectivity index (χ0n) is 10.7. The van der Waals surface area contributed by atoms with Gasteiger partial charge in [-0.05, 0) is 28.5 Å². The maximum absolute atomic E-state index is 9.99. The molecule has 1 aromatic carbocycles. The van der Waals surface area contributed by atoms with Crippen molar-refractivity contribution < 1.29 is 5.11 Å². The number of hydrogen-bond acceptors (Lipinski definition) is 1. The van der Waals surface area contributed by atoms with E-state index in [0.717, 1.165) is 5.56 Å². The van der Waals surface area contributed by atoms with Crippen molar-refractivity contribution in [3.63, 3.8) is 0 Å². The SMILES string of the molecule is CC(C)C(O)c1ccc(C(C)(C)C)cc1Cl. The van der Waals surface area contributed by atoms with Crippen LogP contribution >= 0.6 is 11.6 Å². The van der Waals surface area contributed by atoms with Crippen LogP contribution in [0.25, 0.3) is 0 Å². The van der Waals surface area contributed by atoms with Crippen LogP contribution in [0.2, 0.25) is 5.02 Å². The standard InChI is InChI=1S/C14H21ClO/c1-9(2)13(16)11-7-6-10(8-12(11)15)14(3,4)5/h6-9,13,16H,1-5H3. The quantitative estimate of drug-likeness (QED) is 0.816. The van der Waals surface area contributed by atoms with Crippen LogP contribution in [-0.4, -0.2) is 5.11 Å². The summed E-state index contributed by atoms with van der Waals surface area (Å²) in [6.45, 7) is 10.4. The first-order chi connectivity index (χ1) is 7.23. The molecule has 0 aliphatic heterocycles. The van der Waals surface area contributed by atoms with Crippen LogP contribution in [0, 0.1) is 5.92 Å². The molecule has 2 heteroatoms. The van der Waals surface area contributed by atoms with Crippen LogP contribution in [0.1, 0.15) is 51.8 Å². The second-order valence-corrected chi connectivity index (χ2v) is 6.08. The highest BCUT2D eigenvalue weighted by molar-refractivity contribution is 6.31. The summed E-state index contributed by atoms with van der Waals surface area (Å²) in [5.41, 5.74) is 2.10. The third-order valence-electron chi connectivity index (χ3n) is 2.82. The van der Waals surface area contributed by atoms with Crippen molar-refractivity contribution in [2.75, 3.05) is 0 Å². The number of aliphatic hydroxyl groups is 1. The molecule has 0 aliphatic carbocycles. The Morgan fingerprint density at radius 1 is 1.19 bits per heavy atom. The lowest BCUT2D eigenvalue weighted by atomic mass is 9.86. The maximum Gasteiger partial charge on any atom is 0.0827 e. The zero-order valence-corrected chi connectivity index (χ0v) is 11.5. The molecule has 1 nitrogen and oxygen atoms in total. The van der Waals surface area contributed by atoms with Crippen LogP contribution in [0.4, 0.5) is 0 Å².